The summed E-state index contributed by atoms with van der Waals surface area (Å²) in [7, 11) is 0. The summed E-state index contributed by atoms with van der Waals surface area (Å²) >= 11 is 4.53. The molecule has 0 saturated heterocycles. The largest absolute Gasteiger partial charge is 0.323 e. The maximum atomic E-state index is 13.7. The summed E-state index contributed by atoms with van der Waals surface area (Å²) in [4.78, 5) is 4.24. The zero-order chi connectivity index (χ0) is 13.3. The molecule has 2 nitrogen and oxygen atoms in total. The molecule has 1 atom stereocenters. The number of thiazole rings is 1. The third-order valence-electron chi connectivity index (χ3n) is 2.51. The van der Waals surface area contributed by atoms with Gasteiger partial charge in [0.25, 0.3) is 0 Å². The van der Waals surface area contributed by atoms with Crippen LogP contribution in [0.3, 0.4) is 0 Å². The molecule has 6 heteroatoms. The van der Waals surface area contributed by atoms with Gasteiger partial charge in [-0.15, -0.1) is 11.3 Å². The van der Waals surface area contributed by atoms with Gasteiger partial charge in [-0.25, -0.2) is 13.8 Å². The molecule has 0 aliphatic heterocycles. The van der Waals surface area contributed by atoms with Crippen molar-refractivity contribution in [2.45, 2.75) is 19.4 Å². The van der Waals surface area contributed by atoms with Crippen LogP contribution in [0.2, 0.25) is 0 Å². The first kappa shape index (κ1) is 13.6. The molecule has 0 bridgehead atoms. The summed E-state index contributed by atoms with van der Waals surface area (Å²) in [5, 5.41) is 2.76. The van der Waals surface area contributed by atoms with Crippen LogP contribution in [0.25, 0.3) is 0 Å². The molecule has 1 unspecified atom stereocenters. The lowest BCUT2D eigenvalue weighted by molar-refractivity contribution is 0.522. The first-order chi connectivity index (χ1) is 8.47. The number of aromatic nitrogens is 1. The molecule has 0 spiro atoms. The minimum absolute atomic E-state index is 0.0937. The van der Waals surface area contributed by atoms with Gasteiger partial charge in [0.1, 0.15) is 11.6 Å². The van der Waals surface area contributed by atoms with Gasteiger partial charge in [0.05, 0.1) is 10.7 Å². The van der Waals surface area contributed by atoms with E-state index in [4.69, 9.17) is 5.73 Å². The second-order valence-corrected chi connectivity index (χ2v) is 5.93. The number of halogens is 3. The van der Waals surface area contributed by atoms with Crippen molar-refractivity contribution in [3.8, 4) is 0 Å². The smallest absolute Gasteiger partial charge is 0.132 e. The maximum absolute atomic E-state index is 13.7. The average molecular weight is 333 g/mol. The van der Waals surface area contributed by atoms with Gasteiger partial charge in [0.15, 0.2) is 0 Å². The van der Waals surface area contributed by atoms with Crippen molar-refractivity contribution < 1.29 is 8.78 Å². The van der Waals surface area contributed by atoms with Crippen LogP contribution < -0.4 is 5.73 Å². The highest BCUT2D eigenvalue weighted by Crippen LogP contribution is 2.26. The minimum Gasteiger partial charge on any atom is -0.323 e. The Morgan fingerprint density at radius 2 is 2.00 bits per heavy atom. The first-order valence-corrected chi connectivity index (χ1v) is 6.95. The van der Waals surface area contributed by atoms with E-state index in [9.17, 15) is 8.78 Å². The van der Waals surface area contributed by atoms with Crippen molar-refractivity contribution in [2.75, 3.05) is 0 Å². The summed E-state index contributed by atoms with van der Waals surface area (Å²) in [5.74, 6) is -1.28. The van der Waals surface area contributed by atoms with E-state index in [1.165, 1.54) is 23.5 Å². The van der Waals surface area contributed by atoms with Gasteiger partial charge in [0, 0.05) is 27.9 Å². The van der Waals surface area contributed by atoms with E-state index in [0.29, 0.717) is 10.9 Å². The fourth-order valence-electron chi connectivity index (χ4n) is 1.74. The van der Waals surface area contributed by atoms with Crippen LogP contribution in [0.1, 0.15) is 22.3 Å². The van der Waals surface area contributed by atoms with E-state index in [2.05, 4.69) is 20.9 Å². The molecule has 2 N–H and O–H groups in total. The molecular formula is C12H11BrF2N2S. The Kier molecular flexibility index (Phi) is 4.09. The first-order valence-electron chi connectivity index (χ1n) is 5.28. The Morgan fingerprint density at radius 1 is 1.39 bits per heavy atom. The molecule has 1 aromatic carbocycles. The van der Waals surface area contributed by atoms with Crippen LogP contribution in [0, 0.1) is 18.6 Å². The van der Waals surface area contributed by atoms with Gasteiger partial charge < -0.3 is 5.73 Å². The third kappa shape index (κ3) is 2.93. The number of rotatable bonds is 3. The molecule has 2 aromatic rings. The van der Waals surface area contributed by atoms with Crippen LogP contribution >= 0.6 is 27.3 Å². The Hall–Kier alpha value is -0.850. The molecule has 0 radical (unpaired) electrons. The quantitative estimate of drug-likeness (QED) is 0.929. The lowest BCUT2D eigenvalue weighted by Gasteiger charge is -2.13. The van der Waals surface area contributed by atoms with Crippen LogP contribution in [0.5, 0.6) is 0 Å². The van der Waals surface area contributed by atoms with Crippen LogP contribution in [0.4, 0.5) is 8.78 Å². The number of hydrogen-bond acceptors (Lipinski definition) is 3. The van der Waals surface area contributed by atoms with E-state index in [1.807, 2.05) is 12.3 Å². The minimum atomic E-state index is -0.736. The van der Waals surface area contributed by atoms with E-state index >= 15 is 0 Å². The molecule has 18 heavy (non-hydrogen) atoms. The number of hydrogen-bond donors (Lipinski definition) is 1. The Balaban J connectivity index is 2.26. The topological polar surface area (TPSA) is 38.9 Å². The molecule has 1 heterocycles. The standard InChI is InChI=1S/C12H11BrF2N2S/c1-6-17-8(5-18-6)4-11(16)12-9(14)2-7(13)3-10(12)15/h2-3,5,11H,4,16H2,1H3. The SMILES string of the molecule is Cc1nc(CC(N)c2c(F)cc(Br)cc2F)cs1. The van der Waals surface area contributed by atoms with Crippen molar-refractivity contribution in [1.82, 2.24) is 4.98 Å². The maximum Gasteiger partial charge on any atom is 0.132 e. The summed E-state index contributed by atoms with van der Waals surface area (Å²) in [6, 6.07) is 1.69. The molecule has 0 saturated carbocycles. The predicted octanol–water partition coefficient (Wildman–Crippen LogP) is 3.73. The van der Waals surface area contributed by atoms with Gasteiger partial charge in [-0.05, 0) is 19.1 Å². The second-order valence-electron chi connectivity index (χ2n) is 3.95. The average Bonchev–Trinajstić information content (AvgIpc) is 2.62. The number of aryl methyl sites for hydroxylation is 1. The van der Waals surface area contributed by atoms with Crippen molar-refractivity contribution in [3.05, 3.63) is 49.9 Å². The molecule has 0 amide bonds. The third-order valence-corrected chi connectivity index (χ3v) is 3.79. The lowest BCUT2D eigenvalue weighted by Crippen LogP contribution is -2.17. The zero-order valence-electron chi connectivity index (χ0n) is 9.58. The highest BCUT2D eigenvalue weighted by molar-refractivity contribution is 9.10. The fourth-order valence-corrected chi connectivity index (χ4v) is 2.76. The molecular weight excluding hydrogens is 322 g/mol. The number of benzene rings is 1. The Bertz CT molecular complexity index is 548. The Labute approximate surface area is 116 Å². The molecule has 0 aliphatic rings. The number of nitrogens with zero attached hydrogens (tertiary/aromatic N) is 1. The highest BCUT2D eigenvalue weighted by atomic mass is 79.9. The molecule has 2 rings (SSSR count). The van der Waals surface area contributed by atoms with Crippen LogP contribution in [0.15, 0.2) is 22.0 Å². The van der Waals surface area contributed by atoms with E-state index in [-0.39, 0.29) is 5.56 Å². The van der Waals surface area contributed by atoms with E-state index < -0.39 is 17.7 Å². The number of nitrogens with two attached hydrogens (primary N) is 1. The summed E-state index contributed by atoms with van der Waals surface area (Å²) in [6.07, 6.45) is 0.319. The molecule has 0 aliphatic carbocycles. The van der Waals surface area contributed by atoms with Crippen LogP contribution in [-0.4, -0.2) is 4.98 Å². The zero-order valence-corrected chi connectivity index (χ0v) is 12.0. The normalized spacial score (nSPS) is 12.7. The summed E-state index contributed by atoms with van der Waals surface area (Å²) in [6.45, 7) is 1.88. The second kappa shape index (κ2) is 5.42. The monoisotopic (exact) mass is 332 g/mol. The summed E-state index contributed by atoms with van der Waals surface area (Å²) < 4.78 is 27.8. The fraction of sp³-hybridized carbons (Fsp3) is 0.250. The lowest BCUT2D eigenvalue weighted by atomic mass is 10.0. The van der Waals surface area contributed by atoms with Gasteiger partial charge in [0.2, 0.25) is 0 Å². The van der Waals surface area contributed by atoms with E-state index in [0.717, 1.165) is 10.7 Å². The van der Waals surface area contributed by atoms with Gasteiger partial charge in [-0.1, -0.05) is 15.9 Å². The molecule has 1 aromatic heterocycles. The van der Waals surface area contributed by atoms with Gasteiger partial charge in [-0.2, -0.15) is 0 Å². The highest BCUT2D eigenvalue weighted by Gasteiger charge is 2.19. The van der Waals surface area contributed by atoms with Crippen molar-refractivity contribution in [2.24, 2.45) is 5.73 Å². The predicted molar refractivity (Wildman–Crippen MR) is 71.5 cm³/mol. The Morgan fingerprint density at radius 3 is 2.50 bits per heavy atom. The van der Waals surface area contributed by atoms with Gasteiger partial charge in [-0.3, -0.25) is 0 Å². The van der Waals surface area contributed by atoms with Crippen molar-refractivity contribution in [1.29, 1.82) is 0 Å². The van der Waals surface area contributed by atoms with Gasteiger partial charge >= 0.3 is 0 Å². The van der Waals surface area contributed by atoms with Crippen molar-refractivity contribution >= 4 is 27.3 Å². The molecule has 0 fully saturated rings. The summed E-state index contributed by atoms with van der Waals surface area (Å²) in [5.41, 5.74) is 6.52. The van der Waals surface area contributed by atoms with Crippen molar-refractivity contribution in [3.63, 3.8) is 0 Å². The van der Waals surface area contributed by atoms with Crippen LogP contribution in [-0.2, 0) is 6.42 Å². The molecule has 96 valence electrons. The van der Waals surface area contributed by atoms with E-state index in [1.54, 1.807) is 0 Å².